The quantitative estimate of drug-likeness (QED) is 0.943. The van der Waals surface area contributed by atoms with Crippen molar-refractivity contribution in [3.05, 3.63) is 45.0 Å². The molecule has 0 aliphatic carbocycles. The maximum atomic E-state index is 11.5. The molecule has 2 aromatic rings. The van der Waals surface area contributed by atoms with Crippen molar-refractivity contribution in [1.82, 2.24) is 5.32 Å². The van der Waals surface area contributed by atoms with E-state index >= 15 is 0 Å². The predicted octanol–water partition coefficient (Wildman–Crippen LogP) is 3.08. The molecule has 1 amide bonds. The van der Waals surface area contributed by atoms with Crippen LogP contribution in [0.5, 0.6) is 0 Å². The topological polar surface area (TPSA) is 42.2 Å². The van der Waals surface area contributed by atoms with Gasteiger partial charge in [-0.05, 0) is 40.5 Å². The Morgan fingerprint density at radius 2 is 2.44 bits per heavy atom. The molecular formula is C11H10BrNO2S. The summed E-state index contributed by atoms with van der Waals surface area (Å²) in [4.78, 5) is 12.7. The summed E-state index contributed by atoms with van der Waals surface area (Å²) in [5.41, 5.74) is 0. The Kier molecular flexibility index (Phi) is 3.79. The largest absolute Gasteiger partial charge is 0.459 e. The van der Waals surface area contributed by atoms with Crippen LogP contribution in [0, 0.1) is 0 Å². The summed E-state index contributed by atoms with van der Waals surface area (Å²) < 4.78 is 6.07. The van der Waals surface area contributed by atoms with Crippen molar-refractivity contribution in [2.75, 3.05) is 6.54 Å². The summed E-state index contributed by atoms with van der Waals surface area (Å²) in [5.74, 6) is 0.188. The Morgan fingerprint density at radius 3 is 3.06 bits per heavy atom. The molecule has 0 bridgehead atoms. The van der Waals surface area contributed by atoms with Crippen molar-refractivity contribution >= 4 is 33.2 Å². The number of rotatable bonds is 4. The summed E-state index contributed by atoms with van der Waals surface area (Å²) in [5, 5.41) is 4.83. The Balaban J connectivity index is 1.78. The molecule has 0 spiro atoms. The standard InChI is InChI=1S/C11H10BrNO2S/c12-8-6-9(16-7-8)3-4-13-11(14)10-2-1-5-15-10/h1-2,5-7H,3-4H2,(H,13,14). The molecule has 0 aliphatic rings. The fraction of sp³-hybridized carbons (Fsp3) is 0.182. The van der Waals surface area contributed by atoms with Crippen LogP contribution in [0.3, 0.4) is 0 Å². The zero-order valence-electron chi connectivity index (χ0n) is 8.40. The number of hydrogen-bond donors (Lipinski definition) is 1. The number of furan rings is 1. The van der Waals surface area contributed by atoms with Crippen LogP contribution in [-0.4, -0.2) is 12.5 Å². The number of carbonyl (C=O) groups is 1. The first kappa shape index (κ1) is 11.4. The average molecular weight is 300 g/mol. The third-order valence-corrected chi connectivity index (χ3v) is 3.78. The van der Waals surface area contributed by atoms with Gasteiger partial charge in [-0.2, -0.15) is 0 Å². The number of carbonyl (C=O) groups excluding carboxylic acids is 1. The van der Waals surface area contributed by atoms with Crippen LogP contribution in [0.15, 0.2) is 38.7 Å². The summed E-state index contributed by atoms with van der Waals surface area (Å²) in [6.45, 7) is 0.618. The van der Waals surface area contributed by atoms with Gasteiger partial charge in [0.2, 0.25) is 0 Å². The molecule has 1 N–H and O–H groups in total. The Hall–Kier alpha value is -1.07. The first-order valence-corrected chi connectivity index (χ1v) is 6.47. The van der Waals surface area contributed by atoms with E-state index in [0.29, 0.717) is 12.3 Å². The lowest BCUT2D eigenvalue weighted by Gasteiger charge is -2.00. The number of halogens is 1. The number of amides is 1. The molecule has 0 fully saturated rings. The SMILES string of the molecule is O=C(NCCc1cc(Br)cs1)c1ccco1. The molecule has 0 atom stereocenters. The summed E-state index contributed by atoms with van der Waals surface area (Å²) in [6.07, 6.45) is 2.33. The second-order valence-corrected chi connectivity index (χ2v) is 5.13. The normalized spacial score (nSPS) is 10.3. The van der Waals surface area contributed by atoms with Gasteiger partial charge in [-0.3, -0.25) is 4.79 Å². The van der Waals surface area contributed by atoms with E-state index in [1.54, 1.807) is 23.5 Å². The second-order valence-electron chi connectivity index (χ2n) is 3.21. The van der Waals surface area contributed by atoms with Crippen molar-refractivity contribution in [2.24, 2.45) is 0 Å². The van der Waals surface area contributed by atoms with Crippen LogP contribution >= 0.6 is 27.3 Å². The molecule has 0 saturated carbocycles. The van der Waals surface area contributed by atoms with Gasteiger partial charge in [0.25, 0.3) is 5.91 Å². The fourth-order valence-electron chi connectivity index (χ4n) is 1.28. The molecule has 5 heteroatoms. The highest BCUT2D eigenvalue weighted by Crippen LogP contribution is 2.19. The van der Waals surface area contributed by atoms with E-state index in [0.717, 1.165) is 10.9 Å². The second kappa shape index (κ2) is 5.32. The Morgan fingerprint density at radius 1 is 1.56 bits per heavy atom. The van der Waals surface area contributed by atoms with Gasteiger partial charge in [0.15, 0.2) is 5.76 Å². The van der Waals surface area contributed by atoms with Crippen molar-refractivity contribution in [3.8, 4) is 0 Å². The third kappa shape index (κ3) is 2.96. The third-order valence-electron chi connectivity index (χ3n) is 2.02. The predicted molar refractivity (Wildman–Crippen MR) is 66.8 cm³/mol. The minimum atomic E-state index is -0.166. The minimum Gasteiger partial charge on any atom is -0.459 e. The van der Waals surface area contributed by atoms with Crippen molar-refractivity contribution in [2.45, 2.75) is 6.42 Å². The van der Waals surface area contributed by atoms with Crippen LogP contribution in [0.1, 0.15) is 15.4 Å². The van der Waals surface area contributed by atoms with E-state index in [1.165, 1.54) is 11.1 Å². The van der Waals surface area contributed by atoms with Gasteiger partial charge in [-0.1, -0.05) is 0 Å². The van der Waals surface area contributed by atoms with Crippen LogP contribution in [0.2, 0.25) is 0 Å². The first-order valence-electron chi connectivity index (χ1n) is 4.80. The van der Waals surface area contributed by atoms with Gasteiger partial charge < -0.3 is 9.73 Å². The van der Waals surface area contributed by atoms with E-state index in [-0.39, 0.29) is 5.91 Å². The number of thiophene rings is 1. The van der Waals surface area contributed by atoms with Crippen LogP contribution in [-0.2, 0) is 6.42 Å². The molecule has 0 radical (unpaired) electrons. The molecule has 16 heavy (non-hydrogen) atoms. The molecule has 2 aromatic heterocycles. The molecule has 0 aliphatic heterocycles. The molecule has 3 nitrogen and oxygen atoms in total. The summed E-state index contributed by atoms with van der Waals surface area (Å²) >= 11 is 5.07. The van der Waals surface area contributed by atoms with E-state index in [4.69, 9.17) is 4.42 Å². The van der Waals surface area contributed by atoms with Crippen LogP contribution in [0.4, 0.5) is 0 Å². The van der Waals surface area contributed by atoms with E-state index in [2.05, 4.69) is 27.3 Å². The summed E-state index contributed by atoms with van der Waals surface area (Å²) in [6, 6.07) is 5.41. The highest BCUT2D eigenvalue weighted by Gasteiger charge is 2.07. The van der Waals surface area contributed by atoms with E-state index in [1.807, 2.05) is 5.38 Å². The molecule has 0 unspecified atom stereocenters. The van der Waals surface area contributed by atoms with Crippen molar-refractivity contribution in [3.63, 3.8) is 0 Å². The van der Waals surface area contributed by atoms with Gasteiger partial charge >= 0.3 is 0 Å². The van der Waals surface area contributed by atoms with Gasteiger partial charge in [-0.25, -0.2) is 0 Å². The van der Waals surface area contributed by atoms with E-state index < -0.39 is 0 Å². The maximum absolute atomic E-state index is 11.5. The van der Waals surface area contributed by atoms with Gasteiger partial charge in [0.05, 0.1) is 6.26 Å². The first-order chi connectivity index (χ1) is 7.75. The van der Waals surface area contributed by atoms with E-state index in [9.17, 15) is 4.79 Å². The highest BCUT2D eigenvalue weighted by atomic mass is 79.9. The maximum Gasteiger partial charge on any atom is 0.286 e. The summed E-state index contributed by atoms with van der Waals surface area (Å²) in [7, 11) is 0. The van der Waals surface area contributed by atoms with Crippen molar-refractivity contribution in [1.29, 1.82) is 0 Å². The lowest BCUT2D eigenvalue weighted by Crippen LogP contribution is -2.24. The average Bonchev–Trinajstić information content (AvgIpc) is 2.89. The molecule has 0 saturated heterocycles. The minimum absolute atomic E-state index is 0.166. The van der Waals surface area contributed by atoms with Crippen molar-refractivity contribution < 1.29 is 9.21 Å². The fourth-order valence-corrected chi connectivity index (χ4v) is 2.73. The molecule has 84 valence electrons. The van der Waals surface area contributed by atoms with Gasteiger partial charge in [0, 0.05) is 21.3 Å². The smallest absolute Gasteiger partial charge is 0.286 e. The molecule has 2 heterocycles. The van der Waals surface area contributed by atoms with Crippen LogP contribution in [0.25, 0.3) is 0 Å². The molecular weight excluding hydrogens is 290 g/mol. The lowest BCUT2D eigenvalue weighted by atomic mass is 10.3. The zero-order chi connectivity index (χ0) is 11.4. The lowest BCUT2D eigenvalue weighted by molar-refractivity contribution is 0.0926. The van der Waals surface area contributed by atoms with Gasteiger partial charge in [-0.15, -0.1) is 11.3 Å². The number of nitrogens with one attached hydrogen (secondary N) is 1. The Bertz CT molecular complexity index is 464. The van der Waals surface area contributed by atoms with Crippen LogP contribution < -0.4 is 5.32 Å². The van der Waals surface area contributed by atoms with Gasteiger partial charge in [0.1, 0.15) is 0 Å². The number of hydrogen-bond acceptors (Lipinski definition) is 3. The molecule has 0 aromatic carbocycles. The zero-order valence-corrected chi connectivity index (χ0v) is 10.8. The highest BCUT2D eigenvalue weighted by molar-refractivity contribution is 9.10. The monoisotopic (exact) mass is 299 g/mol. The Labute approximate surface area is 106 Å². The molecule has 2 rings (SSSR count).